The van der Waals surface area contributed by atoms with E-state index in [0.29, 0.717) is 23.8 Å². The average molecular weight is 360 g/mol. The summed E-state index contributed by atoms with van der Waals surface area (Å²) in [5.74, 6) is 1.98. The number of likely N-dealkylation sites (tertiary alicyclic amines) is 1. The molecule has 2 atom stereocenters. The fourth-order valence-electron chi connectivity index (χ4n) is 2.90. The minimum absolute atomic E-state index is 0.0201. The van der Waals surface area contributed by atoms with Gasteiger partial charge < -0.3 is 24.2 Å². The number of β-amino-alcohol motifs (C(OH)–C–C–N with tert-alkyl or cyclic N) is 1. The fourth-order valence-corrected chi connectivity index (χ4v) is 3.55. The van der Waals surface area contributed by atoms with Crippen LogP contribution in [0.25, 0.3) is 0 Å². The molecule has 1 aromatic rings. The molecule has 1 aliphatic rings. The summed E-state index contributed by atoms with van der Waals surface area (Å²) in [4.78, 5) is 2.12. The SMILES string of the molecule is COc1cc(OC)c([C@@H]2CCN(C)C[C@@H]2O)c(OC)c1Br. The molecule has 0 amide bonds. The van der Waals surface area contributed by atoms with Crippen LogP contribution in [0.5, 0.6) is 17.2 Å². The first-order chi connectivity index (χ1) is 10.0. The maximum absolute atomic E-state index is 10.5. The summed E-state index contributed by atoms with van der Waals surface area (Å²) in [5.41, 5.74) is 0.897. The maximum atomic E-state index is 10.5. The zero-order valence-corrected chi connectivity index (χ0v) is 14.4. The van der Waals surface area contributed by atoms with Crippen molar-refractivity contribution in [2.45, 2.75) is 18.4 Å². The Hall–Kier alpha value is -0.980. The molecule has 0 radical (unpaired) electrons. The number of ether oxygens (including phenoxy) is 3. The Bertz CT molecular complexity index is 509. The molecule has 1 saturated heterocycles. The number of hydrogen-bond acceptors (Lipinski definition) is 5. The largest absolute Gasteiger partial charge is 0.496 e. The molecule has 1 heterocycles. The van der Waals surface area contributed by atoms with Crippen LogP contribution in [0.1, 0.15) is 17.9 Å². The van der Waals surface area contributed by atoms with E-state index in [4.69, 9.17) is 14.2 Å². The zero-order valence-electron chi connectivity index (χ0n) is 12.9. The minimum atomic E-state index is -0.452. The van der Waals surface area contributed by atoms with Crippen molar-refractivity contribution in [3.8, 4) is 17.2 Å². The Morgan fingerprint density at radius 2 is 1.86 bits per heavy atom. The molecule has 1 N–H and O–H groups in total. The van der Waals surface area contributed by atoms with Crippen LogP contribution in [0.3, 0.4) is 0 Å². The summed E-state index contributed by atoms with van der Waals surface area (Å²) in [6.45, 7) is 1.57. The Morgan fingerprint density at radius 3 is 2.38 bits per heavy atom. The van der Waals surface area contributed by atoms with Crippen molar-refractivity contribution >= 4 is 15.9 Å². The monoisotopic (exact) mass is 359 g/mol. The van der Waals surface area contributed by atoms with Crippen molar-refractivity contribution in [1.29, 1.82) is 0 Å². The molecule has 1 aliphatic heterocycles. The highest BCUT2D eigenvalue weighted by Gasteiger charge is 2.33. The third kappa shape index (κ3) is 3.12. The van der Waals surface area contributed by atoms with Gasteiger partial charge in [-0.1, -0.05) is 0 Å². The van der Waals surface area contributed by atoms with Gasteiger partial charge in [-0.05, 0) is 35.9 Å². The molecule has 6 heteroatoms. The van der Waals surface area contributed by atoms with Crippen LogP contribution in [0, 0.1) is 0 Å². The third-order valence-corrected chi connectivity index (χ3v) is 4.74. The number of piperidine rings is 1. The van der Waals surface area contributed by atoms with Gasteiger partial charge in [-0.15, -0.1) is 0 Å². The molecule has 5 nitrogen and oxygen atoms in total. The van der Waals surface area contributed by atoms with Gasteiger partial charge in [0.05, 0.1) is 27.4 Å². The van der Waals surface area contributed by atoms with Gasteiger partial charge >= 0.3 is 0 Å². The number of benzene rings is 1. The normalized spacial score (nSPS) is 23.0. The Balaban J connectivity index is 2.53. The van der Waals surface area contributed by atoms with E-state index >= 15 is 0 Å². The number of likely N-dealkylation sites (N-methyl/N-ethyl adjacent to an activating group) is 1. The molecule has 1 aromatic carbocycles. The molecule has 2 rings (SSSR count). The summed E-state index contributed by atoms with van der Waals surface area (Å²) in [7, 11) is 6.84. The summed E-state index contributed by atoms with van der Waals surface area (Å²) < 4.78 is 17.1. The van der Waals surface area contributed by atoms with Gasteiger partial charge in [0, 0.05) is 24.1 Å². The van der Waals surface area contributed by atoms with Crippen LogP contribution in [0.2, 0.25) is 0 Å². The number of rotatable bonds is 4. The lowest BCUT2D eigenvalue weighted by atomic mass is 9.86. The van der Waals surface area contributed by atoms with Gasteiger partial charge in [-0.2, -0.15) is 0 Å². The van der Waals surface area contributed by atoms with E-state index in [2.05, 4.69) is 20.8 Å². The Morgan fingerprint density at radius 1 is 1.19 bits per heavy atom. The van der Waals surface area contributed by atoms with Gasteiger partial charge in [0.15, 0.2) is 0 Å². The van der Waals surface area contributed by atoms with Crippen molar-refractivity contribution < 1.29 is 19.3 Å². The average Bonchev–Trinajstić information content (AvgIpc) is 2.47. The van der Waals surface area contributed by atoms with E-state index in [1.54, 1.807) is 21.3 Å². The number of methoxy groups -OCH3 is 3. The molecular formula is C15H22BrNO4. The van der Waals surface area contributed by atoms with E-state index in [1.165, 1.54) is 0 Å². The molecule has 0 saturated carbocycles. The van der Waals surface area contributed by atoms with Gasteiger partial charge in [-0.3, -0.25) is 0 Å². The molecule has 118 valence electrons. The van der Waals surface area contributed by atoms with Gasteiger partial charge in [-0.25, -0.2) is 0 Å². The van der Waals surface area contributed by atoms with Crippen molar-refractivity contribution in [3.63, 3.8) is 0 Å². The second kappa shape index (κ2) is 6.85. The minimum Gasteiger partial charge on any atom is -0.496 e. The van der Waals surface area contributed by atoms with Crippen LogP contribution in [-0.2, 0) is 0 Å². The van der Waals surface area contributed by atoms with E-state index < -0.39 is 6.10 Å². The topological polar surface area (TPSA) is 51.2 Å². The zero-order chi connectivity index (χ0) is 15.6. The second-order valence-electron chi connectivity index (χ2n) is 5.27. The quantitative estimate of drug-likeness (QED) is 0.893. The van der Waals surface area contributed by atoms with E-state index in [1.807, 2.05) is 13.1 Å². The third-order valence-electron chi connectivity index (χ3n) is 3.99. The number of hydrogen-bond donors (Lipinski definition) is 1. The van der Waals surface area contributed by atoms with Crippen LogP contribution in [0.15, 0.2) is 10.5 Å². The van der Waals surface area contributed by atoms with Crippen LogP contribution >= 0.6 is 15.9 Å². The van der Waals surface area contributed by atoms with Crippen molar-refractivity contribution in [2.24, 2.45) is 0 Å². The van der Waals surface area contributed by atoms with Gasteiger partial charge in [0.25, 0.3) is 0 Å². The standard InChI is InChI=1S/C15H22BrNO4/c1-17-6-5-9(10(18)8-17)13-11(19-2)7-12(20-3)14(16)15(13)21-4/h7,9-10,18H,5-6,8H2,1-4H3/t9-,10+/m1/s1. The van der Waals surface area contributed by atoms with Crippen molar-refractivity contribution in [2.75, 3.05) is 41.5 Å². The van der Waals surface area contributed by atoms with Gasteiger partial charge in [0.2, 0.25) is 0 Å². The molecule has 21 heavy (non-hydrogen) atoms. The Kier molecular flexibility index (Phi) is 5.35. The first kappa shape index (κ1) is 16.4. The van der Waals surface area contributed by atoms with E-state index in [0.717, 1.165) is 23.0 Å². The smallest absolute Gasteiger partial charge is 0.144 e. The molecule has 0 bridgehead atoms. The fraction of sp³-hybridized carbons (Fsp3) is 0.600. The lowest BCUT2D eigenvalue weighted by Crippen LogP contribution is -2.40. The van der Waals surface area contributed by atoms with Crippen LogP contribution in [0.4, 0.5) is 0 Å². The number of nitrogens with zero attached hydrogens (tertiary/aromatic N) is 1. The molecule has 0 aromatic heterocycles. The Labute approximate surface area is 133 Å². The summed E-state index contributed by atoms with van der Waals surface area (Å²) in [6.07, 6.45) is 0.398. The highest BCUT2D eigenvalue weighted by molar-refractivity contribution is 9.10. The lowest BCUT2D eigenvalue weighted by Gasteiger charge is -2.35. The van der Waals surface area contributed by atoms with Crippen LogP contribution < -0.4 is 14.2 Å². The maximum Gasteiger partial charge on any atom is 0.144 e. The molecule has 0 spiro atoms. The molecule has 1 fully saturated rings. The molecule has 0 aliphatic carbocycles. The summed E-state index contributed by atoms with van der Waals surface area (Å²) in [5, 5.41) is 10.5. The van der Waals surface area contributed by atoms with E-state index in [-0.39, 0.29) is 5.92 Å². The summed E-state index contributed by atoms with van der Waals surface area (Å²) >= 11 is 3.52. The van der Waals surface area contributed by atoms with Crippen molar-refractivity contribution in [3.05, 3.63) is 16.1 Å². The molecule has 0 unspecified atom stereocenters. The van der Waals surface area contributed by atoms with Crippen LogP contribution in [-0.4, -0.2) is 57.6 Å². The van der Waals surface area contributed by atoms with E-state index in [9.17, 15) is 5.11 Å². The summed E-state index contributed by atoms with van der Waals surface area (Å²) in [6, 6.07) is 1.83. The first-order valence-electron chi connectivity index (χ1n) is 6.88. The predicted molar refractivity (Wildman–Crippen MR) is 84.7 cm³/mol. The number of aliphatic hydroxyl groups excluding tert-OH is 1. The van der Waals surface area contributed by atoms with Crippen molar-refractivity contribution in [1.82, 2.24) is 4.90 Å². The number of halogens is 1. The highest BCUT2D eigenvalue weighted by atomic mass is 79.9. The predicted octanol–water partition coefficient (Wildman–Crippen LogP) is 2.25. The second-order valence-corrected chi connectivity index (χ2v) is 6.06. The first-order valence-corrected chi connectivity index (χ1v) is 7.67. The highest BCUT2D eigenvalue weighted by Crippen LogP contribution is 2.48. The molecular weight excluding hydrogens is 338 g/mol. The van der Waals surface area contributed by atoms with Gasteiger partial charge in [0.1, 0.15) is 21.7 Å². The lowest BCUT2D eigenvalue weighted by molar-refractivity contribution is 0.0619. The number of aliphatic hydroxyl groups is 1.